The van der Waals surface area contributed by atoms with E-state index in [2.05, 4.69) is 5.32 Å². The van der Waals surface area contributed by atoms with Gasteiger partial charge in [0, 0.05) is 11.6 Å². The summed E-state index contributed by atoms with van der Waals surface area (Å²) in [5.41, 5.74) is 9.94. The zero-order valence-corrected chi connectivity index (χ0v) is 18.8. The summed E-state index contributed by atoms with van der Waals surface area (Å²) in [7, 11) is 0. The molecule has 5 N–H and O–H groups in total. The molecule has 2 bridgehead atoms. The average molecular weight is 440 g/mol. The Morgan fingerprint density at radius 2 is 1.58 bits per heavy atom. The van der Waals surface area contributed by atoms with E-state index in [-0.39, 0.29) is 11.7 Å². The minimum atomic E-state index is -3.43. The lowest BCUT2D eigenvalue weighted by Gasteiger charge is -2.29. The fraction of sp³-hybridized carbons (Fsp3) is 0.652. The van der Waals surface area contributed by atoms with E-state index in [4.69, 9.17) is 16.2 Å². The van der Waals surface area contributed by atoms with Crippen molar-refractivity contribution in [3.63, 3.8) is 0 Å². The zero-order valence-electron chi connectivity index (χ0n) is 18.8. The predicted octanol–water partition coefficient (Wildman–Crippen LogP) is 3.99. The van der Waals surface area contributed by atoms with Crippen LogP contribution in [0.2, 0.25) is 0 Å². The number of rotatable bonds is 4. The Labute approximate surface area is 183 Å². The second-order valence-corrected chi connectivity index (χ2v) is 9.73. The van der Waals surface area contributed by atoms with Crippen molar-refractivity contribution in [2.45, 2.75) is 83.4 Å². The number of alkyl halides is 2. The molecule has 6 nitrogen and oxygen atoms in total. The predicted molar refractivity (Wildman–Crippen MR) is 115 cm³/mol. The number of nitrogens with one attached hydrogen (secondary N) is 1. The summed E-state index contributed by atoms with van der Waals surface area (Å²) in [4.78, 5) is 22.2. The van der Waals surface area contributed by atoms with E-state index in [1.807, 2.05) is 20.8 Å². The van der Waals surface area contributed by atoms with Crippen molar-refractivity contribution >= 4 is 12.0 Å². The van der Waals surface area contributed by atoms with Gasteiger partial charge in [0.25, 0.3) is 5.92 Å². The van der Waals surface area contributed by atoms with Crippen molar-refractivity contribution in [2.24, 2.45) is 23.3 Å². The van der Waals surface area contributed by atoms with Gasteiger partial charge < -0.3 is 21.5 Å². The highest BCUT2D eigenvalue weighted by Crippen LogP contribution is 2.41. The Kier molecular flexibility index (Phi) is 8.03. The van der Waals surface area contributed by atoms with Gasteiger partial charge in [0.05, 0.1) is 0 Å². The summed E-state index contributed by atoms with van der Waals surface area (Å²) in [5.74, 6) is -2.96. The van der Waals surface area contributed by atoms with Gasteiger partial charge >= 0.3 is 6.09 Å². The van der Waals surface area contributed by atoms with E-state index in [9.17, 15) is 18.4 Å². The van der Waals surface area contributed by atoms with Crippen LogP contribution >= 0.6 is 0 Å². The van der Waals surface area contributed by atoms with Gasteiger partial charge in [-0.15, -0.1) is 0 Å². The summed E-state index contributed by atoms with van der Waals surface area (Å²) < 4.78 is 32.3. The number of carbonyl (C=O) groups is 2. The van der Waals surface area contributed by atoms with Crippen molar-refractivity contribution in [3.8, 4) is 0 Å². The number of primary amides is 1. The van der Waals surface area contributed by atoms with Crippen molar-refractivity contribution in [3.05, 3.63) is 35.4 Å². The van der Waals surface area contributed by atoms with E-state index in [0.29, 0.717) is 6.04 Å². The van der Waals surface area contributed by atoms with Crippen LogP contribution in [0.25, 0.3) is 0 Å². The summed E-state index contributed by atoms with van der Waals surface area (Å²) in [6.07, 6.45) is 6.14. The van der Waals surface area contributed by atoms with E-state index in [0.717, 1.165) is 30.2 Å². The molecule has 31 heavy (non-hydrogen) atoms. The second kappa shape index (κ2) is 9.94. The summed E-state index contributed by atoms with van der Waals surface area (Å²) in [5, 5.41) is 3.02. The molecule has 0 radical (unpaired) electrons. The third-order valence-electron chi connectivity index (χ3n) is 5.74. The van der Waals surface area contributed by atoms with Crippen molar-refractivity contribution in [1.29, 1.82) is 0 Å². The van der Waals surface area contributed by atoms with E-state index < -0.39 is 23.5 Å². The first-order chi connectivity index (χ1) is 14.3. The minimum absolute atomic E-state index is 0.251. The van der Waals surface area contributed by atoms with Gasteiger partial charge in [0.15, 0.2) is 6.04 Å². The number of ether oxygens (including phenoxy) is 1. The molecule has 0 aliphatic heterocycles. The molecule has 2 amide bonds. The number of benzene rings is 1. The van der Waals surface area contributed by atoms with Crippen LogP contribution in [0, 0.1) is 18.8 Å². The smallest absolute Gasteiger partial charge is 0.407 e. The highest BCUT2D eigenvalue weighted by atomic mass is 19.3. The fourth-order valence-electron chi connectivity index (χ4n) is 4.23. The monoisotopic (exact) mass is 439 g/mol. The molecule has 174 valence electrons. The quantitative estimate of drug-likeness (QED) is 0.659. The number of amides is 2. The summed E-state index contributed by atoms with van der Waals surface area (Å²) in [6.45, 7) is 7.47. The molecule has 1 aromatic carbocycles. The fourth-order valence-corrected chi connectivity index (χ4v) is 4.23. The number of aryl methyl sites for hydroxylation is 1. The minimum Gasteiger partial charge on any atom is -0.444 e. The lowest BCUT2D eigenvalue weighted by Crippen LogP contribution is -2.48. The normalized spacial score (nSPS) is 23.9. The summed E-state index contributed by atoms with van der Waals surface area (Å²) in [6, 6.07) is 3.87. The first-order valence-electron chi connectivity index (χ1n) is 10.8. The average Bonchev–Trinajstić information content (AvgIpc) is 2.98. The molecule has 8 heteroatoms. The van der Waals surface area contributed by atoms with Crippen molar-refractivity contribution in [2.75, 3.05) is 0 Å². The third-order valence-corrected chi connectivity index (χ3v) is 5.74. The van der Waals surface area contributed by atoms with E-state index in [1.54, 1.807) is 6.92 Å². The lowest BCUT2D eigenvalue weighted by atomic mass is 9.85. The molecule has 1 aromatic rings. The topological polar surface area (TPSA) is 107 Å². The second-order valence-electron chi connectivity index (χ2n) is 9.73. The van der Waals surface area contributed by atoms with Gasteiger partial charge in [-0.3, -0.25) is 4.79 Å². The SMILES string of the molecule is CC(C)(C)OC(=O)NC1CC2CCC(C2)C1.Cc1ccc(C(F)(F)C(N)C(N)=O)cc1. The number of halogens is 2. The first kappa shape index (κ1) is 25.0. The van der Waals surface area contributed by atoms with Crippen LogP contribution in [0.3, 0.4) is 0 Å². The maximum absolute atomic E-state index is 13.5. The molecule has 0 spiro atoms. The van der Waals surface area contributed by atoms with Crippen LogP contribution in [0.4, 0.5) is 13.6 Å². The highest BCUT2D eigenvalue weighted by Gasteiger charge is 2.42. The molecule has 2 saturated carbocycles. The summed E-state index contributed by atoms with van der Waals surface area (Å²) >= 11 is 0. The number of hydrogen-bond donors (Lipinski definition) is 3. The highest BCUT2D eigenvalue weighted by molar-refractivity contribution is 5.81. The standard InChI is InChI=1S/C13H23NO2.C10H12F2N2O/c1-13(2,3)16-12(15)14-11-7-9-4-5-10(6-9)8-11;1-6-2-4-7(5-3-6)10(11,12)8(13)9(14)15/h9-11H,4-8H2,1-3H3,(H,14,15);2-5,8H,13H2,1H3,(H2,14,15). The molecule has 3 unspecified atom stereocenters. The Morgan fingerprint density at radius 1 is 1.06 bits per heavy atom. The lowest BCUT2D eigenvalue weighted by molar-refractivity contribution is -0.129. The molecular formula is C23H35F2N3O3. The Bertz CT molecular complexity index is 750. The molecule has 0 heterocycles. The van der Waals surface area contributed by atoms with Gasteiger partial charge in [-0.2, -0.15) is 8.78 Å². The van der Waals surface area contributed by atoms with Crippen LogP contribution in [0.5, 0.6) is 0 Å². The largest absolute Gasteiger partial charge is 0.444 e. The molecule has 3 rings (SSSR count). The van der Waals surface area contributed by atoms with Gasteiger partial charge in [-0.05, 0) is 58.8 Å². The Morgan fingerprint density at radius 3 is 2.03 bits per heavy atom. The molecule has 2 aliphatic carbocycles. The maximum Gasteiger partial charge on any atom is 0.407 e. The van der Waals surface area contributed by atoms with Gasteiger partial charge in [0.2, 0.25) is 5.91 Å². The van der Waals surface area contributed by atoms with Crippen LogP contribution in [-0.4, -0.2) is 29.7 Å². The maximum atomic E-state index is 13.5. The number of carbonyl (C=O) groups excluding carboxylic acids is 2. The molecule has 2 aliphatic rings. The van der Waals surface area contributed by atoms with E-state index >= 15 is 0 Å². The number of alkyl carbamates (subject to hydrolysis) is 1. The van der Waals surface area contributed by atoms with Gasteiger partial charge in [-0.25, -0.2) is 4.79 Å². The first-order valence-corrected chi connectivity index (χ1v) is 10.8. The molecule has 0 aromatic heterocycles. The number of hydrogen-bond acceptors (Lipinski definition) is 4. The van der Waals surface area contributed by atoms with E-state index in [1.165, 1.54) is 43.5 Å². The molecule has 2 fully saturated rings. The molecular weight excluding hydrogens is 404 g/mol. The molecule has 3 atom stereocenters. The number of nitrogens with two attached hydrogens (primary N) is 2. The van der Waals surface area contributed by atoms with Crippen molar-refractivity contribution < 1.29 is 23.1 Å². The van der Waals surface area contributed by atoms with Gasteiger partial charge in [0.1, 0.15) is 5.60 Å². The Hall–Kier alpha value is -2.22. The molecule has 0 saturated heterocycles. The van der Waals surface area contributed by atoms with Crippen LogP contribution < -0.4 is 16.8 Å². The van der Waals surface area contributed by atoms with Crippen molar-refractivity contribution in [1.82, 2.24) is 5.32 Å². The zero-order chi connectivity index (χ0) is 23.4. The van der Waals surface area contributed by atoms with Gasteiger partial charge in [-0.1, -0.05) is 42.7 Å². The third kappa shape index (κ3) is 7.45. The Balaban J connectivity index is 0.000000221. The van der Waals surface area contributed by atoms with Crippen LogP contribution in [0.1, 0.15) is 64.0 Å². The van der Waals surface area contributed by atoms with Crippen LogP contribution in [0.15, 0.2) is 24.3 Å². The number of fused-ring (bicyclic) bond motifs is 2. The van der Waals surface area contributed by atoms with Crippen LogP contribution in [-0.2, 0) is 15.5 Å².